The maximum absolute atomic E-state index is 6.02. The van der Waals surface area contributed by atoms with Gasteiger partial charge in [0.2, 0.25) is 0 Å². The number of ether oxygens (including phenoxy) is 1. The number of anilines is 1. The molecule has 4 heteroatoms. The quantitative estimate of drug-likeness (QED) is 0.897. The van der Waals surface area contributed by atoms with Crippen molar-refractivity contribution in [3.63, 3.8) is 0 Å². The van der Waals surface area contributed by atoms with Gasteiger partial charge in [-0.2, -0.15) is 5.10 Å². The summed E-state index contributed by atoms with van der Waals surface area (Å²) in [7, 11) is 1.66. The van der Waals surface area contributed by atoms with E-state index in [0.29, 0.717) is 11.7 Å². The van der Waals surface area contributed by atoms with Crippen LogP contribution in [0.1, 0.15) is 20.3 Å². The molecule has 0 radical (unpaired) electrons. The summed E-state index contributed by atoms with van der Waals surface area (Å²) in [6.07, 6.45) is 1.07. The Labute approximate surface area is 114 Å². The predicted molar refractivity (Wildman–Crippen MR) is 78.1 cm³/mol. The van der Waals surface area contributed by atoms with E-state index in [4.69, 9.17) is 10.5 Å². The molecular weight excluding hydrogens is 238 g/mol. The molecule has 4 nitrogen and oxygen atoms in total. The lowest BCUT2D eigenvalue weighted by molar-refractivity contribution is 0.416. The molecule has 102 valence electrons. The Morgan fingerprint density at radius 2 is 2.05 bits per heavy atom. The minimum Gasteiger partial charge on any atom is -0.496 e. The number of hydrogen-bond donors (Lipinski definition) is 1. The average molecular weight is 259 g/mol. The van der Waals surface area contributed by atoms with Crippen LogP contribution in [0.5, 0.6) is 5.75 Å². The summed E-state index contributed by atoms with van der Waals surface area (Å²) in [6, 6.07) is 9.74. The van der Waals surface area contributed by atoms with Gasteiger partial charge in [0.15, 0.2) is 0 Å². The molecule has 0 bridgehead atoms. The fourth-order valence-corrected chi connectivity index (χ4v) is 1.98. The molecule has 0 aliphatic heterocycles. The normalized spacial score (nSPS) is 10.9. The second-order valence-electron chi connectivity index (χ2n) is 5.06. The van der Waals surface area contributed by atoms with E-state index in [0.717, 1.165) is 30.0 Å². The summed E-state index contributed by atoms with van der Waals surface area (Å²) < 4.78 is 7.22. The Hall–Kier alpha value is -1.97. The van der Waals surface area contributed by atoms with Crippen molar-refractivity contribution < 1.29 is 4.74 Å². The molecule has 0 amide bonds. The molecule has 0 spiro atoms. The number of aryl methyl sites for hydroxylation is 1. The molecular formula is C15H21N3O. The molecule has 1 aromatic carbocycles. The van der Waals surface area contributed by atoms with Crippen LogP contribution in [0.3, 0.4) is 0 Å². The molecule has 1 aromatic heterocycles. The minimum absolute atomic E-state index is 0.637. The van der Waals surface area contributed by atoms with Gasteiger partial charge in [-0.1, -0.05) is 26.0 Å². The van der Waals surface area contributed by atoms with Crippen molar-refractivity contribution in [2.45, 2.75) is 26.8 Å². The molecule has 0 saturated carbocycles. The zero-order chi connectivity index (χ0) is 13.8. The van der Waals surface area contributed by atoms with E-state index in [9.17, 15) is 0 Å². The minimum atomic E-state index is 0.637. The number of nitrogens with zero attached hydrogens (tertiary/aromatic N) is 2. The Kier molecular flexibility index (Phi) is 4.10. The highest BCUT2D eigenvalue weighted by atomic mass is 16.5. The third-order valence-electron chi connectivity index (χ3n) is 3.11. The van der Waals surface area contributed by atoms with Crippen LogP contribution in [0.2, 0.25) is 0 Å². The second kappa shape index (κ2) is 5.78. The Morgan fingerprint density at radius 1 is 1.32 bits per heavy atom. The maximum atomic E-state index is 6.02. The summed E-state index contributed by atoms with van der Waals surface area (Å²) in [6.45, 7) is 5.24. The number of methoxy groups -OCH3 is 1. The van der Waals surface area contributed by atoms with E-state index in [1.54, 1.807) is 7.11 Å². The second-order valence-corrected chi connectivity index (χ2v) is 5.06. The molecule has 1 heterocycles. The van der Waals surface area contributed by atoms with Crippen LogP contribution in [-0.2, 0) is 6.54 Å². The van der Waals surface area contributed by atoms with Crippen molar-refractivity contribution in [2.75, 3.05) is 12.8 Å². The number of nitrogens with two attached hydrogens (primary N) is 1. The topological polar surface area (TPSA) is 53.1 Å². The van der Waals surface area contributed by atoms with Crippen LogP contribution in [0.15, 0.2) is 30.3 Å². The van der Waals surface area contributed by atoms with E-state index in [-0.39, 0.29) is 0 Å². The van der Waals surface area contributed by atoms with Gasteiger partial charge in [-0.25, -0.2) is 4.68 Å². The molecule has 0 aliphatic carbocycles. The fourth-order valence-electron chi connectivity index (χ4n) is 1.98. The highest BCUT2D eigenvalue weighted by Crippen LogP contribution is 2.29. The first-order valence-electron chi connectivity index (χ1n) is 6.58. The number of para-hydroxylation sites is 1. The van der Waals surface area contributed by atoms with E-state index >= 15 is 0 Å². The van der Waals surface area contributed by atoms with Gasteiger partial charge in [-0.3, -0.25) is 0 Å². The lowest BCUT2D eigenvalue weighted by atomic mass is 10.1. The fraction of sp³-hybridized carbons (Fsp3) is 0.400. The van der Waals surface area contributed by atoms with Crippen LogP contribution < -0.4 is 10.5 Å². The van der Waals surface area contributed by atoms with Gasteiger partial charge in [0.05, 0.1) is 12.8 Å². The van der Waals surface area contributed by atoms with E-state index < -0.39 is 0 Å². The lowest BCUT2D eigenvalue weighted by Gasteiger charge is -2.07. The number of nitrogen functional groups attached to an aromatic ring is 1. The molecule has 0 unspecified atom stereocenters. The zero-order valence-electron chi connectivity index (χ0n) is 11.8. The van der Waals surface area contributed by atoms with Crippen molar-refractivity contribution in [2.24, 2.45) is 5.92 Å². The van der Waals surface area contributed by atoms with Crippen molar-refractivity contribution in [3.8, 4) is 17.0 Å². The summed E-state index contributed by atoms with van der Waals surface area (Å²) >= 11 is 0. The zero-order valence-corrected chi connectivity index (χ0v) is 11.8. The Morgan fingerprint density at radius 3 is 2.74 bits per heavy atom. The summed E-state index contributed by atoms with van der Waals surface area (Å²) in [5.41, 5.74) is 7.85. The maximum Gasteiger partial charge on any atom is 0.128 e. The van der Waals surface area contributed by atoms with E-state index in [1.807, 2.05) is 35.0 Å². The molecule has 0 aliphatic rings. The SMILES string of the molecule is COc1ccccc1-c1cc(N)n(CCC(C)C)n1. The Bertz CT molecular complexity index is 546. The predicted octanol–water partition coefficient (Wildman–Crippen LogP) is 3.19. The van der Waals surface area contributed by atoms with Crippen molar-refractivity contribution in [3.05, 3.63) is 30.3 Å². The summed E-state index contributed by atoms with van der Waals surface area (Å²) in [5, 5.41) is 4.57. The van der Waals surface area contributed by atoms with Gasteiger partial charge in [0, 0.05) is 18.2 Å². The molecule has 2 N–H and O–H groups in total. The van der Waals surface area contributed by atoms with E-state index in [1.165, 1.54) is 0 Å². The molecule has 0 saturated heterocycles. The largest absolute Gasteiger partial charge is 0.496 e. The first kappa shape index (κ1) is 13.5. The summed E-state index contributed by atoms with van der Waals surface area (Å²) in [5.74, 6) is 2.15. The van der Waals surface area contributed by atoms with Crippen LogP contribution in [0, 0.1) is 5.92 Å². The van der Waals surface area contributed by atoms with Gasteiger partial charge in [-0.05, 0) is 24.5 Å². The van der Waals surface area contributed by atoms with Crippen LogP contribution in [0.4, 0.5) is 5.82 Å². The third kappa shape index (κ3) is 3.08. The molecule has 0 fully saturated rings. The highest BCUT2D eigenvalue weighted by Gasteiger charge is 2.11. The molecule has 0 atom stereocenters. The van der Waals surface area contributed by atoms with Crippen LogP contribution >= 0.6 is 0 Å². The standard InChI is InChI=1S/C15H21N3O/c1-11(2)8-9-18-15(16)10-13(17-18)12-6-4-5-7-14(12)19-3/h4-7,10-11H,8-9,16H2,1-3H3. The van der Waals surface area contributed by atoms with Crippen LogP contribution in [-0.4, -0.2) is 16.9 Å². The van der Waals surface area contributed by atoms with Crippen molar-refractivity contribution >= 4 is 5.82 Å². The first-order valence-corrected chi connectivity index (χ1v) is 6.58. The summed E-state index contributed by atoms with van der Waals surface area (Å²) in [4.78, 5) is 0. The van der Waals surface area contributed by atoms with Gasteiger partial charge >= 0.3 is 0 Å². The van der Waals surface area contributed by atoms with Crippen LogP contribution in [0.25, 0.3) is 11.3 Å². The number of hydrogen-bond acceptors (Lipinski definition) is 3. The monoisotopic (exact) mass is 259 g/mol. The average Bonchev–Trinajstić information content (AvgIpc) is 2.77. The molecule has 19 heavy (non-hydrogen) atoms. The highest BCUT2D eigenvalue weighted by molar-refractivity contribution is 5.69. The van der Waals surface area contributed by atoms with Gasteiger partial charge in [0.25, 0.3) is 0 Å². The number of rotatable bonds is 5. The Balaban J connectivity index is 2.28. The number of benzene rings is 1. The van der Waals surface area contributed by atoms with Crippen molar-refractivity contribution in [1.29, 1.82) is 0 Å². The molecule has 2 aromatic rings. The smallest absolute Gasteiger partial charge is 0.128 e. The van der Waals surface area contributed by atoms with Gasteiger partial charge in [0.1, 0.15) is 11.6 Å². The van der Waals surface area contributed by atoms with Gasteiger partial charge < -0.3 is 10.5 Å². The van der Waals surface area contributed by atoms with Crippen molar-refractivity contribution in [1.82, 2.24) is 9.78 Å². The van der Waals surface area contributed by atoms with E-state index in [2.05, 4.69) is 18.9 Å². The van der Waals surface area contributed by atoms with Gasteiger partial charge in [-0.15, -0.1) is 0 Å². The lowest BCUT2D eigenvalue weighted by Crippen LogP contribution is -2.06. The first-order chi connectivity index (χ1) is 9.11. The molecule has 2 rings (SSSR count). The number of aromatic nitrogens is 2. The third-order valence-corrected chi connectivity index (χ3v) is 3.11.